The highest BCUT2D eigenvalue weighted by molar-refractivity contribution is 7.14. The zero-order chi connectivity index (χ0) is 26.8. The molecule has 6 nitrogen and oxygen atoms in total. The second-order valence-corrected chi connectivity index (χ2v) is 9.53. The Morgan fingerprint density at radius 1 is 0.605 bits per heavy atom. The summed E-state index contributed by atoms with van der Waals surface area (Å²) in [6.07, 6.45) is 0. The summed E-state index contributed by atoms with van der Waals surface area (Å²) in [6.45, 7) is 0. The Morgan fingerprint density at radius 3 is 1.37 bits per heavy atom. The molecule has 12 heteroatoms. The third kappa shape index (κ3) is 5.45. The van der Waals surface area contributed by atoms with E-state index in [2.05, 4.69) is 20.6 Å². The Balaban J connectivity index is 1.22. The van der Waals surface area contributed by atoms with Gasteiger partial charge in [-0.3, -0.25) is 20.2 Å². The summed E-state index contributed by atoms with van der Waals surface area (Å²) in [6, 6.07) is 12.1. The fraction of sp³-hybridized carbons (Fsp3) is 0. The number of anilines is 2. The van der Waals surface area contributed by atoms with Crippen LogP contribution in [0, 0.1) is 23.3 Å². The zero-order valence-corrected chi connectivity index (χ0v) is 20.6. The van der Waals surface area contributed by atoms with Gasteiger partial charge in [0.15, 0.2) is 10.3 Å². The molecule has 2 aromatic heterocycles. The van der Waals surface area contributed by atoms with Crippen LogP contribution in [0.2, 0.25) is 0 Å². The van der Waals surface area contributed by atoms with Gasteiger partial charge in [-0.2, -0.15) is 0 Å². The second-order valence-electron chi connectivity index (χ2n) is 7.81. The van der Waals surface area contributed by atoms with Crippen LogP contribution in [0.15, 0.2) is 71.4 Å². The van der Waals surface area contributed by atoms with Crippen molar-refractivity contribution >= 4 is 44.8 Å². The predicted octanol–water partition coefficient (Wildman–Crippen LogP) is 6.99. The van der Waals surface area contributed by atoms with Crippen LogP contribution < -0.4 is 10.6 Å². The van der Waals surface area contributed by atoms with Gasteiger partial charge in [-0.05, 0) is 48.5 Å². The molecular formula is C26H14F4N4O2S2. The normalized spacial score (nSPS) is 10.8. The molecule has 3 aromatic carbocycles. The zero-order valence-electron chi connectivity index (χ0n) is 19.0. The number of benzene rings is 3. The van der Waals surface area contributed by atoms with Gasteiger partial charge < -0.3 is 0 Å². The summed E-state index contributed by atoms with van der Waals surface area (Å²) in [5.74, 6) is -3.93. The van der Waals surface area contributed by atoms with Crippen LogP contribution in [0.4, 0.5) is 27.8 Å². The van der Waals surface area contributed by atoms with Crippen molar-refractivity contribution in [1.29, 1.82) is 0 Å². The van der Waals surface area contributed by atoms with Gasteiger partial charge in [0.2, 0.25) is 0 Å². The molecule has 190 valence electrons. The van der Waals surface area contributed by atoms with Crippen molar-refractivity contribution in [2.24, 2.45) is 0 Å². The number of hydrogen-bond donors (Lipinski definition) is 2. The maximum absolute atomic E-state index is 14.0. The number of nitrogens with zero attached hydrogens (tertiary/aromatic N) is 2. The van der Waals surface area contributed by atoms with Gasteiger partial charge in [-0.1, -0.05) is 0 Å². The first-order valence-electron chi connectivity index (χ1n) is 10.8. The van der Waals surface area contributed by atoms with E-state index in [4.69, 9.17) is 0 Å². The molecule has 5 aromatic rings. The van der Waals surface area contributed by atoms with E-state index < -0.39 is 35.1 Å². The average Bonchev–Trinajstić information content (AvgIpc) is 3.54. The molecule has 38 heavy (non-hydrogen) atoms. The molecule has 2 amide bonds. The molecule has 2 N–H and O–H groups in total. The van der Waals surface area contributed by atoms with E-state index in [-0.39, 0.29) is 43.9 Å². The highest BCUT2D eigenvalue weighted by atomic mass is 32.1. The minimum atomic E-state index is -0.765. The Kier molecular flexibility index (Phi) is 6.99. The van der Waals surface area contributed by atoms with E-state index in [9.17, 15) is 27.2 Å². The van der Waals surface area contributed by atoms with Crippen molar-refractivity contribution in [3.63, 3.8) is 0 Å². The van der Waals surface area contributed by atoms with Gasteiger partial charge in [-0.15, -0.1) is 22.7 Å². The van der Waals surface area contributed by atoms with Crippen LogP contribution in [0.1, 0.15) is 20.7 Å². The smallest absolute Gasteiger partial charge is 0.257 e. The Morgan fingerprint density at radius 2 is 1.00 bits per heavy atom. The molecule has 2 heterocycles. The maximum Gasteiger partial charge on any atom is 0.257 e. The van der Waals surface area contributed by atoms with Gasteiger partial charge in [0.1, 0.15) is 23.3 Å². The van der Waals surface area contributed by atoms with Gasteiger partial charge in [-0.25, -0.2) is 27.5 Å². The van der Waals surface area contributed by atoms with Crippen LogP contribution >= 0.6 is 22.7 Å². The van der Waals surface area contributed by atoms with E-state index in [1.54, 1.807) is 0 Å². The quantitative estimate of drug-likeness (QED) is 0.222. The van der Waals surface area contributed by atoms with E-state index in [0.29, 0.717) is 0 Å². The Labute approximate surface area is 220 Å². The summed E-state index contributed by atoms with van der Waals surface area (Å²) < 4.78 is 54.3. The fourth-order valence-electron chi connectivity index (χ4n) is 3.42. The molecule has 0 bridgehead atoms. The number of carbonyl (C=O) groups excluding carboxylic acids is 2. The Hall–Kier alpha value is -4.42. The van der Waals surface area contributed by atoms with Crippen LogP contribution in [0.3, 0.4) is 0 Å². The van der Waals surface area contributed by atoms with Crippen molar-refractivity contribution in [2.45, 2.75) is 0 Å². The summed E-state index contributed by atoms with van der Waals surface area (Å²) in [5, 5.41) is 8.71. The maximum atomic E-state index is 14.0. The minimum absolute atomic E-state index is 0.105. The summed E-state index contributed by atoms with van der Waals surface area (Å²) >= 11 is 2.15. The molecule has 0 atom stereocenters. The van der Waals surface area contributed by atoms with Crippen molar-refractivity contribution in [2.75, 3.05) is 10.6 Å². The van der Waals surface area contributed by atoms with E-state index >= 15 is 0 Å². The number of rotatable bonds is 6. The standard InChI is InChI=1S/C26H14F4N4O2S2/c27-15-5-7-17(19(29)9-15)21-11-37-25(31-21)33-23(35)13-1-2-14(4-3-13)24(36)34-26-32-22(12-38-26)18-8-6-16(28)10-20(18)30/h1-12H,(H,31,33,35)(H,32,34,36). The first-order valence-corrected chi connectivity index (χ1v) is 12.6. The molecule has 0 saturated carbocycles. The molecule has 0 fully saturated rings. The van der Waals surface area contributed by atoms with Crippen molar-refractivity contribution in [3.05, 3.63) is 106 Å². The molecule has 0 radical (unpaired) electrons. The van der Waals surface area contributed by atoms with Gasteiger partial charge in [0.25, 0.3) is 11.8 Å². The molecule has 0 saturated heterocycles. The van der Waals surface area contributed by atoms with Gasteiger partial charge >= 0.3 is 0 Å². The Bertz CT molecular complexity index is 1550. The average molecular weight is 555 g/mol. The number of amides is 2. The van der Waals surface area contributed by atoms with Gasteiger partial charge in [0, 0.05) is 45.1 Å². The van der Waals surface area contributed by atoms with E-state index in [0.717, 1.165) is 46.9 Å². The number of nitrogens with one attached hydrogen (secondary N) is 2. The molecular weight excluding hydrogens is 540 g/mol. The van der Waals surface area contributed by atoms with Crippen molar-refractivity contribution < 1.29 is 27.2 Å². The highest BCUT2D eigenvalue weighted by Crippen LogP contribution is 2.29. The third-order valence-electron chi connectivity index (χ3n) is 5.27. The van der Waals surface area contributed by atoms with Gasteiger partial charge in [0.05, 0.1) is 11.4 Å². The lowest BCUT2D eigenvalue weighted by Crippen LogP contribution is -2.14. The first-order chi connectivity index (χ1) is 18.3. The van der Waals surface area contributed by atoms with E-state index in [1.807, 2.05) is 0 Å². The lowest BCUT2D eigenvalue weighted by atomic mass is 10.1. The van der Waals surface area contributed by atoms with Crippen LogP contribution in [0.5, 0.6) is 0 Å². The largest absolute Gasteiger partial charge is 0.298 e. The summed E-state index contributed by atoms with van der Waals surface area (Å²) in [7, 11) is 0. The van der Waals surface area contributed by atoms with E-state index in [1.165, 1.54) is 47.2 Å². The SMILES string of the molecule is O=C(Nc1nc(-c2ccc(F)cc2F)cs1)c1ccc(C(=O)Nc2nc(-c3ccc(F)cc3F)cs2)cc1. The topological polar surface area (TPSA) is 84.0 Å². The molecule has 5 rings (SSSR count). The van der Waals surface area contributed by atoms with Crippen molar-refractivity contribution in [3.8, 4) is 22.5 Å². The van der Waals surface area contributed by atoms with Crippen LogP contribution in [-0.4, -0.2) is 21.8 Å². The number of aromatic nitrogens is 2. The molecule has 0 aliphatic heterocycles. The lowest BCUT2D eigenvalue weighted by Gasteiger charge is -2.05. The monoisotopic (exact) mass is 554 g/mol. The van der Waals surface area contributed by atoms with Crippen molar-refractivity contribution in [1.82, 2.24) is 9.97 Å². The summed E-state index contributed by atoms with van der Waals surface area (Å²) in [5.41, 5.74) is 1.20. The molecule has 0 unspecified atom stereocenters. The third-order valence-corrected chi connectivity index (χ3v) is 6.79. The number of halogens is 4. The number of hydrogen-bond acceptors (Lipinski definition) is 6. The number of carbonyl (C=O) groups is 2. The van der Waals surface area contributed by atoms with Crippen LogP contribution in [0.25, 0.3) is 22.5 Å². The fourth-order valence-corrected chi connectivity index (χ4v) is 4.83. The molecule has 0 aliphatic rings. The molecule has 0 spiro atoms. The number of thiazole rings is 2. The first kappa shape index (κ1) is 25.2. The lowest BCUT2D eigenvalue weighted by molar-refractivity contribution is 0.101. The second kappa shape index (κ2) is 10.5. The molecule has 0 aliphatic carbocycles. The summed E-state index contributed by atoms with van der Waals surface area (Å²) in [4.78, 5) is 33.5. The predicted molar refractivity (Wildman–Crippen MR) is 137 cm³/mol. The minimum Gasteiger partial charge on any atom is -0.298 e. The van der Waals surface area contributed by atoms with Crippen LogP contribution in [-0.2, 0) is 0 Å². The highest BCUT2D eigenvalue weighted by Gasteiger charge is 2.16.